The fourth-order valence-corrected chi connectivity index (χ4v) is 6.49. The molecule has 3 heterocycles. The Labute approximate surface area is 210 Å². The molecule has 35 heavy (non-hydrogen) atoms. The van der Waals surface area contributed by atoms with Crippen LogP contribution in [0.15, 0.2) is 54.7 Å². The third-order valence-corrected chi connectivity index (χ3v) is 8.54. The number of fused-ring (bicyclic) bond motifs is 1. The van der Waals surface area contributed by atoms with Crippen LogP contribution in [0.2, 0.25) is 0 Å². The van der Waals surface area contributed by atoms with Gasteiger partial charge in [-0.1, -0.05) is 37.3 Å². The van der Waals surface area contributed by atoms with Crippen LogP contribution >= 0.6 is 0 Å². The van der Waals surface area contributed by atoms with Gasteiger partial charge in [0.15, 0.2) is 0 Å². The van der Waals surface area contributed by atoms with Crippen molar-refractivity contribution < 1.29 is 9.84 Å². The Morgan fingerprint density at radius 3 is 2.54 bits per heavy atom. The molecule has 2 fully saturated rings. The number of aromatic nitrogens is 1. The normalized spacial score (nSPS) is 20.7. The molecule has 0 bridgehead atoms. The molecule has 0 aliphatic carbocycles. The van der Waals surface area contributed by atoms with Gasteiger partial charge in [0.1, 0.15) is 5.75 Å². The second kappa shape index (κ2) is 10.7. The van der Waals surface area contributed by atoms with Gasteiger partial charge in [0.2, 0.25) is 0 Å². The molecule has 2 aliphatic heterocycles. The number of aliphatic hydroxyl groups excluding tert-OH is 1. The standard InChI is InChI=1S/C30H41N3O2/c1-3-14-33-20-25(28-18-27(35-2)9-10-29(28)33)19-31-16-12-30(13-17-31)23-32(21-26(30)22-34)15-11-24-7-5-4-6-8-24/h4-10,18,20,26,34H,3,11-17,19,21-23H2,1-2H3. The maximum absolute atomic E-state index is 10.3. The maximum Gasteiger partial charge on any atom is 0.119 e. The summed E-state index contributed by atoms with van der Waals surface area (Å²) in [5.41, 5.74) is 4.38. The van der Waals surface area contributed by atoms with Crippen LogP contribution in [0.4, 0.5) is 0 Å². The van der Waals surface area contributed by atoms with E-state index in [1.54, 1.807) is 7.11 Å². The second-order valence-electron chi connectivity index (χ2n) is 10.7. The zero-order chi connectivity index (χ0) is 24.3. The Hall–Kier alpha value is -2.34. The molecule has 188 valence electrons. The van der Waals surface area contributed by atoms with Crippen LogP contribution in [-0.4, -0.2) is 65.9 Å². The summed E-state index contributed by atoms with van der Waals surface area (Å²) in [7, 11) is 1.75. The number of methoxy groups -OCH3 is 1. The first-order valence-corrected chi connectivity index (χ1v) is 13.4. The van der Waals surface area contributed by atoms with Crippen molar-refractivity contribution in [2.45, 2.75) is 45.7 Å². The monoisotopic (exact) mass is 475 g/mol. The van der Waals surface area contributed by atoms with Gasteiger partial charge in [0.05, 0.1) is 7.11 Å². The molecule has 5 heteroatoms. The van der Waals surface area contributed by atoms with Gasteiger partial charge in [-0.2, -0.15) is 0 Å². The number of ether oxygens (including phenoxy) is 1. The largest absolute Gasteiger partial charge is 0.497 e. The van der Waals surface area contributed by atoms with Crippen molar-refractivity contribution in [1.82, 2.24) is 14.4 Å². The number of aliphatic hydroxyl groups is 1. The fraction of sp³-hybridized carbons (Fsp3) is 0.533. The molecule has 5 rings (SSSR count). The summed E-state index contributed by atoms with van der Waals surface area (Å²) in [5.74, 6) is 1.33. The molecular weight excluding hydrogens is 434 g/mol. The van der Waals surface area contributed by atoms with E-state index in [4.69, 9.17) is 4.74 Å². The summed E-state index contributed by atoms with van der Waals surface area (Å²) in [5, 5.41) is 11.6. The molecule has 2 aromatic carbocycles. The van der Waals surface area contributed by atoms with E-state index in [9.17, 15) is 5.11 Å². The first kappa shape index (κ1) is 24.4. The highest BCUT2D eigenvalue weighted by atomic mass is 16.5. The first-order valence-electron chi connectivity index (χ1n) is 13.4. The van der Waals surface area contributed by atoms with Gasteiger partial charge in [-0.3, -0.25) is 4.90 Å². The Morgan fingerprint density at radius 2 is 1.83 bits per heavy atom. The summed E-state index contributed by atoms with van der Waals surface area (Å²) in [6, 6.07) is 17.3. The third kappa shape index (κ3) is 5.13. The van der Waals surface area contributed by atoms with Gasteiger partial charge >= 0.3 is 0 Å². The number of rotatable bonds is 9. The fourth-order valence-electron chi connectivity index (χ4n) is 6.49. The highest BCUT2D eigenvalue weighted by molar-refractivity contribution is 5.85. The van der Waals surface area contributed by atoms with Crippen molar-refractivity contribution in [1.29, 1.82) is 0 Å². The summed E-state index contributed by atoms with van der Waals surface area (Å²) in [6.07, 6.45) is 6.93. The highest BCUT2D eigenvalue weighted by Gasteiger charge is 2.47. The molecule has 3 aromatic rings. The van der Waals surface area contributed by atoms with Crippen LogP contribution in [0, 0.1) is 11.3 Å². The van der Waals surface area contributed by atoms with Gasteiger partial charge in [0.25, 0.3) is 0 Å². The summed E-state index contributed by atoms with van der Waals surface area (Å²) in [6.45, 7) is 10.0. The van der Waals surface area contributed by atoms with E-state index in [0.29, 0.717) is 12.5 Å². The van der Waals surface area contributed by atoms with Crippen molar-refractivity contribution in [3.8, 4) is 5.75 Å². The minimum Gasteiger partial charge on any atom is -0.497 e. The minimum atomic E-state index is 0.265. The van der Waals surface area contributed by atoms with E-state index in [-0.39, 0.29) is 5.41 Å². The lowest BCUT2D eigenvalue weighted by atomic mass is 9.71. The molecule has 2 aliphatic rings. The number of benzene rings is 2. The van der Waals surface area contributed by atoms with Gasteiger partial charge in [-0.15, -0.1) is 0 Å². The van der Waals surface area contributed by atoms with Crippen LogP contribution in [0.3, 0.4) is 0 Å². The first-order chi connectivity index (χ1) is 17.1. The number of hydrogen-bond donors (Lipinski definition) is 1. The maximum atomic E-state index is 10.3. The van der Waals surface area contributed by atoms with Crippen molar-refractivity contribution >= 4 is 10.9 Å². The molecule has 1 unspecified atom stereocenters. The van der Waals surface area contributed by atoms with Crippen molar-refractivity contribution in [2.24, 2.45) is 11.3 Å². The third-order valence-electron chi connectivity index (χ3n) is 8.54. The Kier molecular flexibility index (Phi) is 7.47. The van der Waals surface area contributed by atoms with Crippen molar-refractivity contribution in [3.05, 3.63) is 65.9 Å². The summed E-state index contributed by atoms with van der Waals surface area (Å²) in [4.78, 5) is 5.23. The van der Waals surface area contributed by atoms with Crippen LogP contribution in [0.1, 0.15) is 37.3 Å². The molecule has 1 spiro atoms. The molecule has 2 saturated heterocycles. The number of hydrogen-bond acceptors (Lipinski definition) is 4. The lowest BCUT2D eigenvalue weighted by Gasteiger charge is -2.42. The predicted molar refractivity (Wildman–Crippen MR) is 143 cm³/mol. The average Bonchev–Trinajstić information content (AvgIpc) is 3.42. The van der Waals surface area contributed by atoms with Crippen molar-refractivity contribution in [2.75, 3.05) is 46.4 Å². The Morgan fingerprint density at radius 1 is 1.03 bits per heavy atom. The number of nitrogens with zero attached hydrogens (tertiary/aromatic N) is 3. The Balaban J connectivity index is 1.24. The summed E-state index contributed by atoms with van der Waals surface area (Å²) >= 11 is 0. The van der Waals surface area contributed by atoms with Gasteiger partial charge in [-0.05, 0) is 73.5 Å². The number of likely N-dealkylation sites (tertiary alicyclic amines) is 2. The number of piperidine rings is 1. The highest BCUT2D eigenvalue weighted by Crippen LogP contribution is 2.45. The Bertz CT molecular complexity index is 1100. The molecule has 0 radical (unpaired) electrons. The van der Waals surface area contributed by atoms with Crippen molar-refractivity contribution in [3.63, 3.8) is 0 Å². The molecule has 5 nitrogen and oxygen atoms in total. The average molecular weight is 476 g/mol. The molecule has 0 saturated carbocycles. The molecule has 0 amide bonds. The van der Waals surface area contributed by atoms with Crippen LogP contribution in [-0.2, 0) is 19.5 Å². The molecule has 1 atom stereocenters. The smallest absolute Gasteiger partial charge is 0.119 e. The lowest BCUT2D eigenvalue weighted by Crippen LogP contribution is -2.44. The minimum absolute atomic E-state index is 0.265. The molecular formula is C30H41N3O2. The topological polar surface area (TPSA) is 40.9 Å². The SMILES string of the molecule is CCCn1cc(CN2CCC3(CC2)CN(CCc2ccccc2)CC3CO)c2cc(OC)ccc21. The van der Waals surface area contributed by atoms with Crippen LogP contribution in [0.25, 0.3) is 10.9 Å². The number of aryl methyl sites for hydroxylation is 1. The van der Waals surface area contributed by atoms with E-state index in [1.807, 2.05) is 0 Å². The van der Waals surface area contributed by atoms with E-state index in [0.717, 1.165) is 64.4 Å². The van der Waals surface area contributed by atoms with Crippen LogP contribution in [0.5, 0.6) is 5.75 Å². The van der Waals surface area contributed by atoms with E-state index < -0.39 is 0 Å². The quantitative estimate of drug-likeness (QED) is 0.482. The molecule has 1 N–H and O–H groups in total. The van der Waals surface area contributed by atoms with Gasteiger partial charge < -0.3 is 19.3 Å². The van der Waals surface area contributed by atoms with Gasteiger partial charge in [0, 0.05) is 62.3 Å². The van der Waals surface area contributed by atoms with Crippen LogP contribution < -0.4 is 4.74 Å². The second-order valence-corrected chi connectivity index (χ2v) is 10.7. The van der Waals surface area contributed by atoms with E-state index in [2.05, 4.69) is 76.0 Å². The van der Waals surface area contributed by atoms with E-state index in [1.165, 1.54) is 34.9 Å². The molecule has 1 aromatic heterocycles. The van der Waals surface area contributed by atoms with Gasteiger partial charge in [-0.25, -0.2) is 0 Å². The zero-order valence-corrected chi connectivity index (χ0v) is 21.5. The summed E-state index contributed by atoms with van der Waals surface area (Å²) < 4.78 is 7.93. The lowest BCUT2D eigenvalue weighted by molar-refractivity contribution is 0.0485. The predicted octanol–water partition coefficient (Wildman–Crippen LogP) is 4.81. The zero-order valence-electron chi connectivity index (χ0n) is 21.5. The van der Waals surface area contributed by atoms with E-state index >= 15 is 0 Å².